The number of halogens is 2. The lowest BCUT2D eigenvalue weighted by atomic mass is 10.2. The molecule has 0 aromatic heterocycles. The summed E-state index contributed by atoms with van der Waals surface area (Å²) >= 11 is 9.65. The molecule has 94 valence electrons. The molecular weight excluding hydrogens is 302 g/mol. The Morgan fingerprint density at radius 2 is 2.35 bits per heavy atom. The lowest BCUT2D eigenvalue weighted by Crippen LogP contribution is -2.12. The summed E-state index contributed by atoms with van der Waals surface area (Å²) in [6, 6.07) is 4.01. The van der Waals surface area contributed by atoms with Gasteiger partial charge in [0, 0.05) is 28.3 Å². The number of benzene rings is 1. The zero-order valence-corrected chi connectivity index (χ0v) is 12.3. The van der Waals surface area contributed by atoms with Crippen LogP contribution < -0.4 is 5.32 Å². The number of anilines is 1. The van der Waals surface area contributed by atoms with Crippen LogP contribution in [0.2, 0.25) is 5.02 Å². The van der Waals surface area contributed by atoms with E-state index in [0.717, 1.165) is 40.3 Å². The lowest BCUT2D eigenvalue weighted by molar-refractivity contribution is 0.107. The molecular formula is C13H17BrClNO. The molecule has 2 rings (SSSR count). The first-order valence-electron chi connectivity index (χ1n) is 5.98. The van der Waals surface area contributed by atoms with Gasteiger partial charge in [0.25, 0.3) is 0 Å². The molecule has 2 nitrogen and oxygen atoms in total. The summed E-state index contributed by atoms with van der Waals surface area (Å²) in [5, 5.41) is 4.20. The van der Waals surface area contributed by atoms with Crippen molar-refractivity contribution in [3.8, 4) is 0 Å². The molecule has 1 heterocycles. The monoisotopic (exact) mass is 317 g/mol. The molecule has 1 saturated heterocycles. The molecule has 1 aromatic rings. The number of ether oxygens (including phenoxy) is 1. The summed E-state index contributed by atoms with van der Waals surface area (Å²) in [6.07, 6.45) is 3.88. The second-order valence-corrected chi connectivity index (χ2v) is 5.69. The molecule has 1 aromatic carbocycles. The van der Waals surface area contributed by atoms with E-state index in [9.17, 15) is 0 Å². The van der Waals surface area contributed by atoms with Gasteiger partial charge in [0.2, 0.25) is 0 Å². The predicted molar refractivity (Wildman–Crippen MR) is 76.0 cm³/mol. The van der Waals surface area contributed by atoms with Gasteiger partial charge in [-0.3, -0.25) is 0 Å². The highest BCUT2D eigenvalue weighted by Gasteiger charge is 2.14. The molecule has 1 aliphatic rings. The zero-order chi connectivity index (χ0) is 12.3. The van der Waals surface area contributed by atoms with E-state index in [-0.39, 0.29) is 0 Å². The first kappa shape index (κ1) is 13.2. The summed E-state index contributed by atoms with van der Waals surface area (Å²) in [6.45, 7) is 3.84. The van der Waals surface area contributed by atoms with Crippen molar-refractivity contribution >= 4 is 33.2 Å². The van der Waals surface area contributed by atoms with Crippen molar-refractivity contribution in [2.45, 2.75) is 32.3 Å². The summed E-state index contributed by atoms with van der Waals surface area (Å²) in [7, 11) is 0. The molecule has 1 atom stereocenters. The maximum atomic E-state index is 6.11. The Labute approximate surface area is 116 Å². The third-order valence-corrected chi connectivity index (χ3v) is 4.12. The average Bonchev–Trinajstić information content (AvgIpc) is 2.78. The van der Waals surface area contributed by atoms with Crippen molar-refractivity contribution in [3.05, 3.63) is 27.2 Å². The Morgan fingerprint density at radius 3 is 3.06 bits per heavy atom. The van der Waals surface area contributed by atoms with E-state index in [4.69, 9.17) is 16.3 Å². The van der Waals surface area contributed by atoms with Crippen LogP contribution in [0.25, 0.3) is 0 Å². The maximum absolute atomic E-state index is 6.11. The molecule has 0 aliphatic carbocycles. The molecule has 0 radical (unpaired) electrons. The van der Waals surface area contributed by atoms with Gasteiger partial charge in [0.05, 0.1) is 6.10 Å². The van der Waals surface area contributed by atoms with Gasteiger partial charge in [0.15, 0.2) is 0 Å². The average molecular weight is 319 g/mol. The third-order valence-electron chi connectivity index (χ3n) is 3.05. The highest BCUT2D eigenvalue weighted by atomic mass is 79.9. The van der Waals surface area contributed by atoms with Crippen molar-refractivity contribution in [2.24, 2.45) is 0 Å². The fourth-order valence-electron chi connectivity index (χ4n) is 2.02. The minimum absolute atomic E-state index is 0.433. The van der Waals surface area contributed by atoms with Crippen LogP contribution in [0.1, 0.15) is 24.8 Å². The minimum Gasteiger partial charge on any atom is -0.384 e. The highest BCUT2D eigenvalue weighted by Crippen LogP contribution is 2.29. The fraction of sp³-hybridized carbons (Fsp3) is 0.538. The molecule has 0 bridgehead atoms. The van der Waals surface area contributed by atoms with E-state index < -0.39 is 0 Å². The third kappa shape index (κ3) is 3.60. The normalized spacial score (nSPS) is 19.6. The van der Waals surface area contributed by atoms with Crippen molar-refractivity contribution in [2.75, 3.05) is 18.5 Å². The van der Waals surface area contributed by atoms with Gasteiger partial charge in [-0.2, -0.15) is 0 Å². The number of nitrogens with one attached hydrogen (secondary N) is 1. The summed E-state index contributed by atoms with van der Waals surface area (Å²) < 4.78 is 6.65. The number of hydrogen-bond donors (Lipinski definition) is 1. The minimum atomic E-state index is 0.433. The quantitative estimate of drug-likeness (QED) is 0.889. The van der Waals surface area contributed by atoms with E-state index in [2.05, 4.69) is 21.2 Å². The molecule has 1 unspecified atom stereocenters. The van der Waals surface area contributed by atoms with Gasteiger partial charge in [0.1, 0.15) is 0 Å². The van der Waals surface area contributed by atoms with Gasteiger partial charge in [-0.05, 0) is 59.8 Å². The summed E-state index contributed by atoms with van der Waals surface area (Å²) in [5.74, 6) is 0. The van der Waals surface area contributed by atoms with Crippen LogP contribution in [0, 0.1) is 6.92 Å². The van der Waals surface area contributed by atoms with Gasteiger partial charge in [-0.1, -0.05) is 11.6 Å². The molecule has 17 heavy (non-hydrogen) atoms. The van der Waals surface area contributed by atoms with Crippen LogP contribution >= 0.6 is 27.5 Å². The standard InChI is InChI=1S/C13H17BrClNO/c1-9-7-11(14)13(8-12(9)15)16-5-4-10-3-2-6-17-10/h7-8,10,16H,2-6H2,1H3. The molecule has 0 spiro atoms. The van der Waals surface area contributed by atoms with Crippen molar-refractivity contribution < 1.29 is 4.74 Å². The van der Waals surface area contributed by atoms with E-state index in [0.29, 0.717) is 6.10 Å². The number of aryl methyl sites for hydroxylation is 1. The van der Waals surface area contributed by atoms with Crippen LogP contribution in [-0.2, 0) is 4.74 Å². The largest absolute Gasteiger partial charge is 0.384 e. The molecule has 0 amide bonds. The van der Waals surface area contributed by atoms with Gasteiger partial charge < -0.3 is 10.1 Å². The van der Waals surface area contributed by atoms with Crippen LogP contribution in [0.3, 0.4) is 0 Å². The van der Waals surface area contributed by atoms with Gasteiger partial charge in [-0.15, -0.1) is 0 Å². The van der Waals surface area contributed by atoms with Crippen molar-refractivity contribution in [1.29, 1.82) is 0 Å². The van der Waals surface area contributed by atoms with E-state index in [1.54, 1.807) is 0 Å². The first-order chi connectivity index (χ1) is 8.16. The molecule has 4 heteroatoms. The maximum Gasteiger partial charge on any atom is 0.0592 e. The Morgan fingerprint density at radius 1 is 1.53 bits per heavy atom. The van der Waals surface area contributed by atoms with E-state index in [1.165, 1.54) is 12.8 Å². The second-order valence-electron chi connectivity index (χ2n) is 4.43. The summed E-state index contributed by atoms with van der Waals surface area (Å²) in [4.78, 5) is 0. The predicted octanol–water partition coefficient (Wildman–Crippen LogP) is 4.39. The lowest BCUT2D eigenvalue weighted by Gasteiger charge is -2.13. The summed E-state index contributed by atoms with van der Waals surface area (Å²) in [5.41, 5.74) is 2.14. The van der Waals surface area contributed by atoms with Crippen molar-refractivity contribution in [1.82, 2.24) is 0 Å². The number of hydrogen-bond acceptors (Lipinski definition) is 2. The Hall–Kier alpha value is -0.250. The van der Waals surface area contributed by atoms with E-state index in [1.807, 2.05) is 19.1 Å². The van der Waals surface area contributed by atoms with Crippen LogP contribution in [-0.4, -0.2) is 19.3 Å². The van der Waals surface area contributed by atoms with Gasteiger partial charge >= 0.3 is 0 Å². The topological polar surface area (TPSA) is 21.3 Å². The molecule has 0 saturated carbocycles. The first-order valence-corrected chi connectivity index (χ1v) is 7.15. The zero-order valence-electron chi connectivity index (χ0n) is 9.93. The van der Waals surface area contributed by atoms with Crippen LogP contribution in [0.5, 0.6) is 0 Å². The fourth-order valence-corrected chi connectivity index (χ4v) is 2.78. The van der Waals surface area contributed by atoms with Crippen LogP contribution in [0.4, 0.5) is 5.69 Å². The molecule has 1 aliphatic heterocycles. The molecule has 1 N–H and O–H groups in total. The Balaban J connectivity index is 1.87. The van der Waals surface area contributed by atoms with E-state index >= 15 is 0 Å². The van der Waals surface area contributed by atoms with Gasteiger partial charge in [-0.25, -0.2) is 0 Å². The highest BCUT2D eigenvalue weighted by molar-refractivity contribution is 9.10. The Kier molecular flexibility index (Phi) is 4.71. The SMILES string of the molecule is Cc1cc(Br)c(NCCC2CCCO2)cc1Cl. The number of rotatable bonds is 4. The van der Waals surface area contributed by atoms with Crippen molar-refractivity contribution in [3.63, 3.8) is 0 Å². The second kappa shape index (κ2) is 6.07. The van der Waals surface area contributed by atoms with Crippen LogP contribution in [0.15, 0.2) is 16.6 Å². The Bertz CT molecular complexity index is 391. The molecule has 1 fully saturated rings. The smallest absolute Gasteiger partial charge is 0.0592 e.